The zero-order valence-corrected chi connectivity index (χ0v) is 6.01. The SMILES string of the molecule is O=CC(=O)C(=O)[C@@H](O)[C@H](O)CO. The molecule has 0 unspecified atom stereocenters. The number of aliphatic hydroxyl groups excluding tert-OH is 3. The lowest BCUT2D eigenvalue weighted by molar-refractivity contribution is -0.148. The van der Waals surface area contributed by atoms with E-state index >= 15 is 0 Å². The van der Waals surface area contributed by atoms with E-state index in [1.807, 2.05) is 0 Å². The van der Waals surface area contributed by atoms with Crippen molar-refractivity contribution in [1.29, 1.82) is 0 Å². The maximum Gasteiger partial charge on any atom is 0.263 e. The number of ketones is 2. The molecule has 2 atom stereocenters. The molecule has 0 fully saturated rings. The zero-order valence-electron chi connectivity index (χ0n) is 6.01. The average Bonchev–Trinajstić information content (AvgIpc) is 2.12. The minimum absolute atomic E-state index is 0.268. The van der Waals surface area contributed by atoms with Gasteiger partial charge in [-0.3, -0.25) is 14.4 Å². The Morgan fingerprint density at radius 2 is 1.83 bits per heavy atom. The van der Waals surface area contributed by atoms with Gasteiger partial charge in [0.2, 0.25) is 5.78 Å². The normalized spacial score (nSPS) is 14.9. The number of hydrogen-bond donors (Lipinski definition) is 3. The van der Waals surface area contributed by atoms with Gasteiger partial charge in [0.1, 0.15) is 12.2 Å². The molecule has 0 rings (SSSR count). The second kappa shape index (κ2) is 4.70. The van der Waals surface area contributed by atoms with E-state index in [4.69, 9.17) is 15.3 Å². The molecule has 0 saturated heterocycles. The first-order chi connectivity index (χ1) is 5.54. The molecule has 0 heterocycles. The van der Waals surface area contributed by atoms with Crippen LogP contribution in [-0.4, -0.2) is 52.0 Å². The molecule has 6 nitrogen and oxygen atoms in total. The van der Waals surface area contributed by atoms with Gasteiger partial charge in [-0.25, -0.2) is 0 Å². The summed E-state index contributed by atoms with van der Waals surface area (Å²) in [5.41, 5.74) is 0. The molecule has 0 saturated carbocycles. The molecule has 0 aromatic carbocycles. The molecular formula is C6H8O6. The van der Waals surface area contributed by atoms with Crippen molar-refractivity contribution in [3.05, 3.63) is 0 Å². The predicted molar refractivity (Wildman–Crippen MR) is 35.2 cm³/mol. The maximum absolute atomic E-state index is 10.6. The molecule has 0 aliphatic carbocycles. The van der Waals surface area contributed by atoms with E-state index in [9.17, 15) is 14.4 Å². The number of rotatable bonds is 5. The average molecular weight is 176 g/mol. The van der Waals surface area contributed by atoms with E-state index in [0.29, 0.717) is 0 Å². The van der Waals surface area contributed by atoms with Crippen molar-refractivity contribution in [3.8, 4) is 0 Å². The molecule has 68 valence electrons. The summed E-state index contributed by atoms with van der Waals surface area (Å²) in [6, 6.07) is 0. The summed E-state index contributed by atoms with van der Waals surface area (Å²) in [6.07, 6.45) is -4.04. The summed E-state index contributed by atoms with van der Waals surface area (Å²) in [7, 11) is 0. The van der Waals surface area contributed by atoms with Crippen LogP contribution < -0.4 is 0 Å². The lowest BCUT2D eigenvalue weighted by Gasteiger charge is -2.11. The predicted octanol–water partition coefficient (Wildman–Crippen LogP) is -2.96. The van der Waals surface area contributed by atoms with E-state index in [1.165, 1.54) is 0 Å². The van der Waals surface area contributed by atoms with Crippen molar-refractivity contribution in [3.63, 3.8) is 0 Å². The highest BCUT2D eigenvalue weighted by atomic mass is 16.4. The summed E-state index contributed by atoms with van der Waals surface area (Å²) in [6.45, 7) is -0.862. The Bertz CT molecular complexity index is 198. The van der Waals surface area contributed by atoms with Crippen LogP contribution >= 0.6 is 0 Å². The molecule has 0 aliphatic rings. The molecule has 12 heavy (non-hydrogen) atoms. The molecule has 3 N–H and O–H groups in total. The number of carbonyl (C=O) groups excluding carboxylic acids is 3. The number of Topliss-reactive ketones (excluding diaryl/α,β-unsaturated/α-hetero) is 2. The van der Waals surface area contributed by atoms with Gasteiger partial charge in [0.15, 0.2) is 6.29 Å². The molecule has 0 bridgehead atoms. The highest BCUT2D eigenvalue weighted by Crippen LogP contribution is 1.94. The van der Waals surface area contributed by atoms with Crippen molar-refractivity contribution in [2.45, 2.75) is 12.2 Å². The Morgan fingerprint density at radius 1 is 1.33 bits per heavy atom. The minimum Gasteiger partial charge on any atom is -0.394 e. The van der Waals surface area contributed by atoms with Crippen LogP contribution in [0.5, 0.6) is 0 Å². The van der Waals surface area contributed by atoms with Crippen molar-refractivity contribution >= 4 is 17.9 Å². The Kier molecular flexibility index (Phi) is 4.27. The zero-order chi connectivity index (χ0) is 9.72. The lowest BCUT2D eigenvalue weighted by atomic mass is 10.1. The Hall–Kier alpha value is -1.11. The third-order valence-electron chi connectivity index (χ3n) is 1.17. The molecule has 0 aromatic heterocycles. The molecule has 0 amide bonds. The van der Waals surface area contributed by atoms with E-state index in [0.717, 1.165) is 0 Å². The lowest BCUT2D eigenvalue weighted by Crippen LogP contribution is -2.40. The van der Waals surface area contributed by atoms with E-state index in [2.05, 4.69) is 0 Å². The molecule has 0 spiro atoms. The van der Waals surface area contributed by atoms with Crippen LogP contribution in [0, 0.1) is 0 Å². The fourth-order valence-electron chi connectivity index (χ4n) is 0.478. The standard InChI is InChI=1S/C6H8O6/c7-1-3(9)5(11)6(12)4(10)2-8/h1,4,6,8,10,12H,2H2/t4-,6+/m1/s1. The number of aliphatic hydroxyl groups is 3. The van der Waals surface area contributed by atoms with Crippen LogP contribution in [-0.2, 0) is 14.4 Å². The van der Waals surface area contributed by atoms with Crippen molar-refractivity contribution in [2.75, 3.05) is 6.61 Å². The summed E-state index contributed by atoms with van der Waals surface area (Å²) in [4.78, 5) is 30.6. The van der Waals surface area contributed by atoms with Crippen molar-refractivity contribution < 1.29 is 29.7 Å². The van der Waals surface area contributed by atoms with Gasteiger partial charge in [-0.2, -0.15) is 0 Å². The number of carbonyl (C=O) groups is 3. The fourth-order valence-corrected chi connectivity index (χ4v) is 0.478. The first-order valence-electron chi connectivity index (χ1n) is 3.05. The minimum atomic E-state index is -2.03. The van der Waals surface area contributed by atoms with E-state index < -0.39 is 30.4 Å². The van der Waals surface area contributed by atoms with Gasteiger partial charge < -0.3 is 15.3 Å². The van der Waals surface area contributed by atoms with Gasteiger partial charge >= 0.3 is 0 Å². The Labute approximate surface area is 67.4 Å². The van der Waals surface area contributed by atoms with Crippen LogP contribution in [0.25, 0.3) is 0 Å². The van der Waals surface area contributed by atoms with Gasteiger partial charge in [0.05, 0.1) is 6.61 Å². The first kappa shape index (κ1) is 10.9. The molecule has 0 radical (unpaired) electrons. The quantitative estimate of drug-likeness (QED) is 0.234. The summed E-state index contributed by atoms with van der Waals surface area (Å²) in [5, 5.41) is 25.6. The van der Waals surface area contributed by atoms with Crippen LogP contribution in [0.3, 0.4) is 0 Å². The molecular weight excluding hydrogens is 168 g/mol. The van der Waals surface area contributed by atoms with Crippen molar-refractivity contribution in [1.82, 2.24) is 0 Å². The van der Waals surface area contributed by atoms with Crippen LogP contribution in [0.4, 0.5) is 0 Å². The van der Waals surface area contributed by atoms with E-state index in [-0.39, 0.29) is 6.29 Å². The summed E-state index contributed by atoms with van der Waals surface area (Å²) in [5.74, 6) is -2.86. The van der Waals surface area contributed by atoms with Crippen LogP contribution in [0.2, 0.25) is 0 Å². The van der Waals surface area contributed by atoms with Gasteiger partial charge in [-0.05, 0) is 0 Å². The van der Waals surface area contributed by atoms with E-state index in [1.54, 1.807) is 0 Å². The second-order valence-corrected chi connectivity index (χ2v) is 2.04. The Balaban J connectivity index is 4.28. The summed E-state index contributed by atoms with van der Waals surface area (Å²) < 4.78 is 0. The van der Waals surface area contributed by atoms with Gasteiger partial charge in [0.25, 0.3) is 5.78 Å². The van der Waals surface area contributed by atoms with Crippen molar-refractivity contribution in [2.24, 2.45) is 0 Å². The highest BCUT2D eigenvalue weighted by molar-refractivity contribution is 6.58. The maximum atomic E-state index is 10.6. The third-order valence-corrected chi connectivity index (χ3v) is 1.17. The van der Waals surface area contributed by atoms with Crippen LogP contribution in [0.1, 0.15) is 0 Å². The first-order valence-corrected chi connectivity index (χ1v) is 3.05. The van der Waals surface area contributed by atoms with Gasteiger partial charge in [-0.15, -0.1) is 0 Å². The van der Waals surface area contributed by atoms with Gasteiger partial charge in [0, 0.05) is 0 Å². The van der Waals surface area contributed by atoms with Crippen LogP contribution in [0.15, 0.2) is 0 Å². The smallest absolute Gasteiger partial charge is 0.263 e. The molecule has 0 aromatic rings. The summed E-state index contributed by atoms with van der Waals surface area (Å²) >= 11 is 0. The highest BCUT2D eigenvalue weighted by Gasteiger charge is 2.28. The van der Waals surface area contributed by atoms with Gasteiger partial charge in [-0.1, -0.05) is 0 Å². The molecule has 0 aliphatic heterocycles. The third kappa shape index (κ3) is 2.50. The fraction of sp³-hybridized carbons (Fsp3) is 0.500. The topological polar surface area (TPSA) is 112 Å². The molecule has 6 heteroatoms. The Morgan fingerprint density at radius 3 is 2.17 bits per heavy atom. The monoisotopic (exact) mass is 176 g/mol. The number of aldehydes is 1. The number of hydrogen-bond acceptors (Lipinski definition) is 6. The largest absolute Gasteiger partial charge is 0.394 e. The second-order valence-electron chi connectivity index (χ2n) is 2.04.